The van der Waals surface area contributed by atoms with Gasteiger partial charge in [0.2, 0.25) is 5.82 Å². The molecule has 0 saturated heterocycles. The fraction of sp³-hybridized carbons (Fsp3) is 0.200. The van der Waals surface area contributed by atoms with Crippen LogP contribution in [0.15, 0.2) is 61.1 Å². The fourth-order valence-electron chi connectivity index (χ4n) is 4.54. The van der Waals surface area contributed by atoms with Gasteiger partial charge in [0, 0.05) is 49.7 Å². The Morgan fingerprint density at radius 1 is 1.08 bits per heavy atom. The molecule has 1 aliphatic rings. The first-order chi connectivity index (χ1) is 17.3. The molecule has 36 heavy (non-hydrogen) atoms. The Morgan fingerprint density at radius 3 is 2.69 bits per heavy atom. The Hall–Kier alpha value is -4.05. The number of alkyl halides is 2. The normalized spacial score (nSPS) is 12.9. The molecule has 0 fully saturated rings. The van der Waals surface area contributed by atoms with E-state index in [1.165, 1.54) is 22.8 Å². The standard InChI is InChI=1S/C25H21ClF2N8/c1-15-13-29-21(31-22-7-8-30-34(22)2)12-17(15)16-11-20-23-32-33-24(36(23)10-9-35(20)14-16)25(27,28)18-5-3-4-6-19(18)26/h3-8,11-14H,9-10H2,1-2H3,(H,29,31). The summed E-state index contributed by atoms with van der Waals surface area (Å²) in [5, 5.41) is 15.5. The van der Waals surface area contributed by atoms with E-state index >= 15 is 8.78 Å². The third-order valence-corrected chi connectivity index (χ3v) is 6.75. The summed E-state index contributed by atoms with van der Waals surface area (Å²) in [6.45, 7) is 2.81. The van der Waals surface area contributed by atoms with E-state index in [0.29, 0.717) is 24.7 Å². The van der Waals surface area contributed by atoms with Crippen LogP contribution in [0.25, 0.3) is 22.6 Å². The highest BCUT2D eigenvalue weighted by Crippen LogP contribution is 2.41. The van der Waals surface area contributed by atoms with Gasteiger partial charge in [-0.2, -0.15) is 13.9 Å². The number of aryl methyl sites for hydroxylation is 3. The molecule has 0 amide bonds. The maximum absolute atomic E-state index is 15.5. The molecule has 182 valence electrons. The van der Waals surface area contributed by atoms with Gasteiger partial charge in [0.15, 0.2) is 5.82 Å². The predicted molar refractivity (Wildman–Crippen MR) is 132 cm³/mol. The Morgan fingerprint density at radius 2 is 1.92 bits per heavy atom. The number of pyridine rings is 1. The monoisotopic (exact) mass is 506 g/mol. The van der Waals surface area contributed by atoms with Crippen LogP contribution in [0.3, 0.4) is 0 Å². The van der Waals surface area contributed by atoms with Crippen LogP contribution >= 0.6 is 11.6 Å². The van der Waals surface area contributed by atoms with Crippen molar-refractivity contribution in [1.82, 2.24) is 34.1 Å². The number of fused-ring (bicyclic) bond motifs is 3. The maximum atomic E-state index is 15.5. The topological polar surface area (TPSA) is 78.4 Å². The highest BCUT2D eigenvalue weighted by molar-refractivity contribution is 6.31. The molecule has 0 saturated carbocycles. The number of nitrogens with zero attached hydrogens (tertiary/aromatic N) is 7. The van der Waals surface area contributed by atoms with Crippen LogP contribution < -0.4 is 5.32 Å². The summed E-state index contributed by atoms with van der Waals surface area (Å²) in [6, 6.07) is 11.7. The predicted octanol–water partition coefficient (Wildman–Crippen LogP) is 5.40. The number of hydrogen-bond acceptors (Lipinski definition) is 5. The van der Waals surface area contributed by atoms with Crippen molar-refractivity contribution in [3.63, 3.8) is 0 Å². The lowest BCUT2D eigenvalue weighted by molar-refractivity contribution is 0.0284. The van der Waals surface area contributed by atoms with Crippen molar-refractivity contribution in [3.05, 3.63) is 83.0 Å². The quantitative estimate of drug-likeness (QED) is 0.345. The third kappa shape index (κ3) is 3.56. The molecule has 1 N–H and O–H groups in total. The van der Waals surface area contributed by atoms with Crippen molar-refractivity contribution < 1.29 is 8.78 Å². The molecule has 8 nitrogen and oxygen atoms in total. The number of hydrogen-bond donors (Lipinski definition) is 1. The van der Waals surface area contributed by atoms with Crippen molar-refractivity contribution in [3.8, 4) is 22.6 Å². The molecule has 0 radical (unpaired) electrons. The Labute approximate surface area is 210 Å². The van der Waals surface area contributed by atoms with E-state index in [9.17, 15) is 0 Å². The van der Waals surface area contributed by atoms with Gasteiger partial charge in [-0.1, -0.05) is 29.8 Å². The molecule has 11 heteroatoms. The highest BCUT2D eigenvalue weighted by Gasteiger charge is 2.43. The summed E-state index contributed by atoms with van der Waals surface area (Å²) < 4.78 is 36.2. The zero-order chi connectivity index (χ0) is 25.0. The fourth-order valence-corrected chi connectivity index (χ4v) is 4.80. The largest absolute Gasteiger partial charge is 0.342 e. The minimum Gasteiger partial charge on any atom is -0.342 e. The summed E-state index contributed by atoms with van der Waals surface area (Å²) in [6.07, 6.45) is 5.52. The lowest BCUT2D eigenvalue weighted by Gasteiger charge is -2.22. The van der Waals surface area contributed by atoms with E-state index in [1.807, 2.05) is 42.9 Å². The van der Waals surface area contributed by atoms with E-state index in [-0.39, 0.29) is 10.6 Å². The number of benzene rings is 1. The van der Waals surface area contributed by atoms with E-state index < -0.39 is 11.7 Å². The average molecular weight is 507 g/mol. The molecule has 0 bridgehead atoms. The highest BCUT2D eigenvalue weighted by atomic mass is 35.5. The molecule has 4 aromatic heterocycles. The summed E-state index contributed by atoms with van der Waals surface area (Å²) in [5.41, 5.74) is 3.34. The smallest absolute Gasteiger partial charge is 0.333 e. The first-order valence-corrected chi connectivity index (χ1v) is 11.7. The Bertz CT molecular complexity index is 1600. The number of nitrogens with one attached hydrogen (secondary N) is 1. The molecular formula is C25H21ClF2N8. The van der Waals surface area contributed by atoms with Crippen LogP contribution in [0.4, 0.5) is 20.4 Å². The van der Waals surface area contributed by atoms with Gasteiger partial charge in [0.25, 0.3) is 0 Å². The van der Waals surface area contributed by atoms with Crippen molar-refractivity contribution in [2.45, 2.75) is 25.9 Å². The van der Waals surface area contributed by atoms with Crippen molar-refractivity contribution in [1.29, 1.82) is 0 Å². The molecule has 0 spiro atoms. The van der Waals surface area contributed by atoms with Crippen molar-refractivity contribution >= 4 is 23.2 Å². The zero-order valence-electron chi connectivity index (χ0n) is 19.5. The maximum Gasteiger partial charge on any atom is 0.333 e. The second kappa shape index (κ2) is 8.27. The number of rotatable bonds is 5. The molecule has 0 atom stereocenters. The van der Waals surface area contributed by atoms with Gasteiger partial charge in [-0.3, -0.25) is 4.68 Å². The van der Waals surface area contributed by atoms with Gasteiger partial charge in [-0.15, -0.1) is 10.2 Å². The molecule has 5 heterocycles. The summed E-state index contributed by atoms with van der Waals surface area (Å²) >= 11 is 6.09. The number of anilines is 2. The van der Waals surface area contributed by atoms with Gasteiger partial charge in [0.05, 0.1) is 16.9 Å². The third-order valence-electron chi connectivity index (χ3n) is 6.43. The van der Waals surface area contributed by atoms with E-state index in [2.05, 4.69) is 25.6 Å². The Kier molecular flexibility index (Phi) is 5.15. The van der Waals surface area contributed by atoms with Crippen molar-refractivity contribution in [2.75, 3.05) is 5.32 Å². The molecular weight excluding hydrogens is 486 g/mol. The minimum atomic E-state index is -3.38. The van der Waals surface area contributed by atoms with Gasteiger partial charge < -0.3 is 14.5 Å². The van der Waals surface area contributed by atoms with Gasteiger partial charge in [0.1, 0.15) is 11.6 Å². The second-order valence-corrected chi connectivity index (χ2v) is 9.12. The SMILES string of the molecule is Cc1cnc(Nc2ccnn2C)cc1-c1cc2n(c1)CCn1c-2nnc1C(F)(F)c1ccccc1Cl. The van der Waals surface area contributed by atoms with Crippen LogP contribution in [0.1, 0.15) is 17.0 Å². The lowest BCUT2D eigenvalue weighted by atomic mass is 10.1. The average Bonchev–Trinajstić information content (AvgIpc) is 3.58. The zero-order valence-corrected chi connectivity index (χ0v) is 20.2. The van der Waals surface area contributed by atoms with Crippen LogP contribution in [0.5, 0.6) is 0 Å². The van der Waals surface area contributed by atoms with Crippen LogP contribution in [-0.4, -0.2) is 34.1 Å². The first kappa shape index (κ1) is 22.4. The van der Waals surface area contributed by atoms with E-state index in [0.717, 1.165) is 28.2 Å². The summed E-state index contributed by atoms with van der Waals surface area (Å²) in [5.74, 6) is -1.91. The van der Waals surface area contributed by atoms with Gasteiger partial charge in [-0.25, -0.2) is 4.98 Å². The molecule has 1 aliphatic heterocycles. The molecule has 5 aromatic rings. The van der Waals surface area contributed by atoms with E-state index in [1.54, 1.807) is 23.1 Å². The summed E-state index contributed by atoms with van der Waals surface area (Å²) in [4.78, 5) is 4.48. The lowest BCUT2D eigenvalue weighted by Crippen LogP contribution is -2.25. The molecule has 0 unspecified atom stereocenters. The van der Waals surface area contributed by atoms with Crippen LogP contribution in [-0.2, 0) is 26.1 Å². The molecule has 6 rings (SSSR count). The van der Waals surface area contributed by atoms with Crippen LogP contribution in [0, 0.1) is 6.92 Å². The summed E-state index contributed by atoms with van der Waals surface area (Å²) in [7, 11) is 1.85. The Balaban J connectivity index is 1.38. The van der Waals surface area contributed by atoms with Crippen LogP contribution in [0.2, 0.25) is 5.02 Å². The number of aromatic nitrogens is 7. The molecule has 1 aromatic carbocycles. The number of halogens is 3. The van der Waals surface area contributed by atoms with Gasteiger partial charge in [-0.05, 0) is 36.2 Å². The first-order valence-electron chi connectivity index (χ1n) is 11.3. The molecule has 0 aliphatic carbocycles. The van der Waals surface area contributed by atoms with E-state index in [4.69, 9.17) is 11.6 Å². The van der Waals surface area contributed by atoms with Crippen molar-refractivity contribution in [2.24, 2.45) is 7.05 Å². The minimum absolute atomic E-state index is 0.00924. The van der Waals surface area contributed by atoms with Gasteiger partial charge >= 0.3 is 5.92 Å². The second-order valence-electron chi connectivity index (χ2n) is 8.71.